The molecule has 1 amide bonds. The van der Waals surface area contributed by atoms with Crippen LogP contribution in [-0.4, -0.2) is 40.3 Å². The first-order chi connectivity index (χ1) is 6.85. The SMILES string of the molecule is CCCC(C)(N)C(=O)N[C@H](CO)C(=O)O. The van der Waals surface area contributed by atoms with Gasteiger partial charge in [-0.3, -0.25) is 4.79 Å². The third kappa shape index (κ3) is 4.26. The van der Waals surface area contributed by atoms with Crippen molar-refractivity contribution in [3.63, 3.8) is 0 Å². The molecule has 0 rings (SSSR count). The highest BCUT2D eigenvalue weighted by Gasteiger charge is 2.30. The van der Waals surface area contributed by atoms with Gasteiger partial charge in [-0.1, -0.05) is 13.3 Å². The molecule has 0 saturated carbocycles. The Hall–Kier alpha value is -1.14. The van der Waals surface area contributed by atoms with Crippen molar-refractivity contribution in [2.75, 3.05) is 6.61 Å². The molecular weight excluding hydrogens is 200 g/mol. The highest BCUT2D eigenvalue weighted by Crippen LogP contribution is 2.08. The number of amides is 1. The molecule has 6 heteroatoms. The Kier molecular flexibility index (Phi) is 5.24. The van der Waals surface area contributed by atoms with E-state index in [9.17, 15) is 9.59 Å². The van der Waals surface area contributed by atoms with E-state index in [0.717, 1.165) is 6.42 Å². The molecule has 6 nitrogen and oxygen atoms in total. The summed E-state index contributed by atoms with van der Waals surface area (Å²) in [6, 6.07) is -1.29. The number of carboxylic acids is 1. The molecule has 15 heavy (non-hydrogen) atoms. The highest BCUT2D eigenvalue weighted by molar-refractivity contribution is 5.89. The Morgan fingerprint density at radius 3 is 2.40 bits per heavy atom. The summed E-state index contributed by atoms with van der Waals surface area (Å²) in [5, 5.41) is 19.5. The van der Waals surface area contributed by atoms with Crippen LogP contribution in [-0.2, 0) is 9.59 Å². The number of hydrogen-bond donors (Lipinski definition) is 4. The van der Waals surface area contributed by atoms with Crippen molar-refractivity contribution in [3.05, 3.63) is 0 Å². The third-order valence-electron chi connectivity index (χ3n) is 2.07. The van der Waals surface area contributed by atoms with E-state index >= 15 is 0 Å². The van der Waals surface area contributed by atoms with Crippen molar-refractivity contribution >= 4 is 11.9 Å². The molecule has 0 bridgehead atoms. The summed E-state index contributed by atoms with van der Waals surface area (Å²) in [7, 11) is 0. The van der Waals surface area contributed by atoms with Crippen molar-refractivity contribution < 1.29 is 19.8 Å². The fraction of sp³-hybridized carbons (Fsp3) is 0.778. The van der Waals surface area contributed by atoms with Gasteiger partial charge in [0.2, 0.25) is 5.91 Å². The summed E-state index contributed by atoms with van der Waals surface area (Å²) >= 11 is 0. The summed E-state index contributed by atoms with van der Waals surface area (Å²) in [5.74, 6) is -1.84. The van der Waals surface area contributed by atoms with E-state index < -0.39 is 30.1 Å². The van der Waals surface area contributed by atoms with Gasteiger partial charge in [0.15, 0.2) is 0 Å². The fourth-order valence-corrected chi connectivity index (χ4v) is 1.14. The van der Waals surface area contributed by atoms with Crippen LogP contribution in [0.1, 0.15) is 26.7 Å². The van der Waals surface area contributed by atoms with E-state index in [4.69, 9.17) is 15.9 Å². The van der Waals surface area contributed by atoms with Crippen molar-refractivity contribution in [1.29, 1.82) is 0 Å². The second-order valence-corrected chi connectivity index (χ2v) is 3.71. The van der Waals surface area contributed by atoms with Crippen LogP contribution < -0.4 is 11.1 Å². The van der Waals surface area contributed by atoms with Crippen LogP contribution in [0.3, 0.4) is 0 Å². The van der Waals surface area contributed by atoms with Crippen molar-refractivity contribution in [2.45, 2.75) is 38.3 Å². The molecule has 0 aliphatic carbocycles. The van der Waals surface area contributed by atoms with Gasteiger partial charge in [0.1, 0.15) is 6.04 Å². The molecule has 0 heterocycles. The molecule has 0 aromatic heterocycles. The summed E-state index contributed by atoms with van der Waals surface area (Å²) in [4.78, 5) is 22.1. The Bertz CT molecular complexity index is 240. The second kappa shape index (κ2) is 5.67. The fourth-order valence-electron chi connectivity index (χ4n) is 1.14. The maximum absolute atomic E-state index is 11.5. The van der Waals surface area contributed by atoms with Gasteiger partial charge in [-0.25, -0.2) is 4.79 Å². The summed E-state index contributed by atoms with van der Waals surface area (Å²) in [6.45, 7) is 2.75. The number of aliphatic hydroxyl groups is 1. The van der Waals surface area contributed by atoms with E-state index in [2.05, 4.69) is 5.32 Å². The molecule has 0 aromatic carbocycles. The third-order valence-corrected chi connectivity index (χ3v) is 2.07. The number of aliphatic hydroxyl groups excluding tert-OH is 1. The predicted octanol–water partition coefficient (Wildman–Crippen LogP) is -0.934. The number of rotatable bonds is 6. The quantitative estimate of drug-likeness (QED) is 0.460. The molecular formula is C9H18N2O4. The first-order valence-electron chi connectivity index (χ1n) is 4.78. The zero-order chi connectivity index (χ0) is 12.1. The second-order valence-electron chi connectivity index (χ2n) is 3.71. The standard InChI is InChI=1S/C9H18N2O4/c1-3-4-9(2,10)8(15)11-6(5-12)7(13)14/h6,12H,3-5,10H2,1-2H3,(H,11,15)(H,13,14)/t6-,9?/m1/s1. The lowest BCUT2D eigenvalue weighted by atomic mass is 9.96. The number of aliphatic carboxylic acids is 1. The minimum atomic E-state index is -1.29. The summed E-state index contributed by atoms with van der Waals surface area (Å²) < 4.78 is 0. The molecule has 0 aliphatic rings. The van der Waals surface area contributed by atoms with Crippen molar-refractivity contribution in [3.8, 4) is 0 Å². The number of nitrogens with two attached hydrogens (primary N) is 1. The molecule has 0 aliphatic heterocycles. The van der Waals surface area contributed by atoms with Crippen LogP contribution in [0.4, 0.5) is 0 Å². The van der Waals surface area contributed by atoms with Crippen molar-refractivity contribution in [1.82, 2.24) is 5.32 Å². The number of nitrogens with one attached hydrogen (secondary N) is 1. The van der Waals surface area contributed by atoms with E-state index in [1.165, 1.54) is 6.92 Å². The molecule has 2 atom stereocenters. The minimum absolute atomic E-state index is 0.455. The summed E-state index contributed by atoms with van der Waals surface area (Å²) in [6.07, 6.45) is 1.17. The number of hydrogen-bond acceptors (Lipinski definition) is 4. The maximum Gasteiger partial charge on any atom is 0.328 e. The van der Waals surface area contributed by atoms with E-state index in [1.54, 1.807) is 0 Å². The Balaban J connectivity index is 4.40. The Morgan fingerprint density at radius 2 is 2.07 bits per heavy atom. The highest BCUT2D eigenvalue weighted by atomic mass is 16.4. The first-order valence-corrected chi connectivity index (χ1v) is 4.78. The molecule has 0 saturated heterocycles. The van der Waals surface area contributed by atoms with Crippen molar-refractivity contribution in [2.24, 2.45) is 5.73 Å². The van der Waals surface area contributed by atoms with Gasteiger partial charge in [-0.2, -0.15) is 0 Å². The zero-order valence-electron chi connectivity index (χ0n) is 8.99. The van der Waals surface area contributed by atoms with Gasteiger partial charge in [-0.15, -0.1) is 0 Å². The van der Waals surface area contributed by atoms with Crippen LogP contribution >= 0.6 is 0 Å². The molecule has 5 N–H and O–H groups in total. The molecule has 1 unspecified atom stereocenters. The van der Waals surface area contributed by atoms with E-state index in [1.807, 2.05) is 6.92 Å². The van der Waals surface area contributed by atoms with Gasteiger partial charge in [-0.05, 0) is 13.3 Å². The largest absolute Gasteiger partial charge is 0.480 e. The van der Waals surface area contributed by atoms with E-state index in [-0.39, 0.29) is 0 Å². The number of carboxylic acid groups (broad SMARTS) is 1. The molecule has 0 spiro atoms. The van der Waals surface area contributed by atoms with Crippen LogP contribution in [0.2, 0.25) is 0 Å². The normalized spacial score (nSPS) is 16.5. The minimum Gasteiger partial charge on any atom is -0.480 e. The van der Waals surface area contributed by atoms with E-state index in [0.29, 0.717) is 6.42 Å². The lowest BCUT2D eigenvalue weighted by Gasteiger charge is -2.24. The molecule has 0 aromatic rings. The molecule has 0 fully saturated rings. The Morgan fingerprint density at radius 1 is 1.53 bits per heavy atom. The van der Waals surface area contributed by atoms with Gasteiger partial charge in [0.25, 0.3) is 0 Å². The smallest absolute Gasteiger partial charge is 0.328 e. The van der Waals surface area contributed by atoms with Crippen LogP contribution in [0.15, 0.2) is 0 Å². The maximum atomic E-state index is 11.5. The monoisotopic (exact) mass is 218 g/mol. The lowest BCUT2D eigenvalue weighted by molar-refractivity contribution is -0.143. The average Bonchev–Trinajstić information content (AvgIpc) is 2.12. The Labute approximate surface area is 88.5 Å². The van der Waals surface area contributed by atoms with Gasteiger partial charge in [0, 0.05) is 0 Å². The first kappa shape index (κ1) is 13.9. The number of carbonyl (C=O) groups is 2. The van der Waals surface area contributed by atoms with Crippen LogP contribution in [0, 0.1) is 0 Å². The van der Waals surface area contributed by atoms with Crippen LogP contribution in [0.5, 0.6) is 0 Å². The summed E-state index contributed by atoms with van der Waals surface area (Å²) in [5.41, 5.74) is 4.59. The molecule has 0 radical (unpaired) electrons. The van der Waals surface area contributed by atoms with Gasteiger partial charge < -0.3 is 21.3 Å². The van der Waals surface area contributed by atoms with Gasteiger partial charge >= 0.3 is 5.97 Å². The zero-order valence-corrected chi connectivity index (χ0v) is 8.99. The predicted molar refractivity (Wildman–Crippen MR) is 54.2 cm³/mol. The topological polar surface area (TPSA) is 113 Å². The number of carbonyl (C=O) groups excluding carboxylic acids is 1. The average molecular weight is 218 g/mol. The van der Waals surface area contributed by atoms with Gasteiger partial charge in [0.05, 0.1) is 12.1 Å². The lowest BCUT2D eigenvalue weighted by Crippen LogP contribution is -2.56. The van der Waals surface area contributed by atoms with Crippen LogP contribution in [0.25, 0.3) is 0 Å². The molecule has 88 valence electrons.